The van der Waals surface area contributed by atoms with Gasteiger partial charge < -0.3 is 5.32 Å². The molecule has 148 valence electrons. The largest absolute Gasteiger partial charge is 0.354 e. The molecule has 1 heterocycles. The highest BCUT2D eigenvalue weighted by molar-refractivity contribution is 7.89. The lowest BCUT2D eigenvalue weighted by Gasteiger charge is -2.16. The Bertz CT molecular complexity index is 940. The predicted molar refractivity (Wildman–Crippen MR) is 99.0 cm³/mol. The van der Waals surface area contributed by atoms with E-state index in [9.17, 15) is 22.8 Å². The van der Waals surface area contributed by atoms with Gasteiger partial charge in [-0.1, -0.05) is 24.3 Å². The fourth-order valence-corrected chi connectivity index (χ4v) is 5.03. The smallest absolute Gasteiger partial charge is 0.240 e. The average Bonchev–Trinajstić information content (AvgIpc) is 3.31. The maximum atomic E-state index is 12.6. The Labute approximate surface area is 162 Å². The molecule has 3 N–H and O–H groups in total. The van der Waals surface area contributed by atoms with Crippen LogP contribution in [0.2, 0.25) is 0 Å². The summed E-state index contributed by atoms with van der Waals surface area (Å²) < 4.78 is 22.5. The molecule has 1 aromatic rings. The molecule has 2 fully saturated rings. The highest BCUT2D eigenvalue weighted by Crippen LogP contribution is 2.52. The van der Waals surface area contributed by atoms with Gasteiger partial charge in [-0.15, -0.1) is 0 Å². The molecule has 9 heteroatoms. The van der Waals surface area contributed by atoms with Crippen LogP contribution in [0.5, 0.6) is 0 Å². The number of rotatable bonds is 6. The maximum absolute atomic E-state index is 12.6. The molecule has 0 radical (unpaired) electrons. The van der Waals surface area contributed by atoms with Gasteiger partial charge in [-0.2, -0.15) is 0 Å². The fraction of sp³-hybridized carbons (Fsp3) is 0.421. The molecule has 1 aliphatic heterocycles. The molecule has 0 spiro atoms. The van der Waals surface area contributed by atoms with Gasteiger partial charge >= 0.3 is 0 Å². The molecule has 3 aliphatic rings. The second-order valence-corrected chi connectivity index (χ2v) is 9.11. The Balaban J connectivity index is 1.29. The molecular weight excluding hydrogens is 382 g/mol. The van der Waals surface area contributed by atoms with E-state index in [0.717, 1.165) is 16.9 Å². The van der Waals surface area contributed by atoms with Crippen molar-refractivity contribution < 1.29 is 22.8 Å². The number of nitrogens with two attached hydrogens (primary N) is 1. The van der Waals surface area contributed by atoms with Gasteiger partial charge in [0.25, 0.3) is 0 Å². The quantitative estimate of drug-likeness (QED) is 0.502. The number of primary sulfonamides is 1. The van der Waals surface area contributed by atoms with Gasteiger partial charge in [-0.3, -0.25) is 19.3 Å². The molecule has 28 heavy (non-hydrogen) atoms. The topological polar surface area (TPSA) is 127 Å². The molecular formula is C19H21N3O5S. The lowest BCUT2D eigenvalue weighted by molar-refractivity contribution is -0.144. The second kappa shape index (κ2) is 6.82. The number of sulfonamides is 1. The molecule has 4 rings (SSSR count). The number of hydrogen-bond donors (Lipinski definition) is 2. The van der Waals surface area contributed by atoms with Crippen LogP contribution in [0.1, 0.15) is 12.0 Å². The maximum Gasteiger partial charge on any atom is 0.240 e. The van der Waals surface area contributed by atoms with Crippen LogP contribution in [-0.2, 0) is 30.8 Å². The van der Waals surface area contributed by atoms with Gasteiger partial charge in [0.1, 0.15) is 6.54 Å². The highest BCUT2D eigenvalue weighted by Gasteiger charge is 2.59. The van der Waals surface area contributed by atoms with E-state index in [1.54, 1.807) is 12.1 Å². The number of nitrogens with one attached hydrogen (secondary N) is 1. The molecule has 2 bridgehead atoms. The average molecular weight is 403 g/mol. The Hall–Kier alpha value is -2.52. The van der Waals surface area contributed by atoms with E-state index >= 15 is 0 Å². The molecule has 1 aromatic carbocycles. The third kappa shape index (κ3) is 3.24. The summed E-state index contributed by atoms with van der Waals surface area (Å²) in [4.78, 5) is 38.4. The number of amides is 3. The first-order chi connectivity index (χ1) is 13.3. The molecule has 0 aromatic heterocycles. The Morgan fingerprint density at radius 3 is 2.18 bits per heavy atom. The van der Waals surface area contributed by atoms with E-state index in [1.807, 2.05) is 12.2 Å². The summed E-state index contributed by atoms with van der Waals surface area (Å²) in [6.45, 7) is 0.0535. The number of allylic oxidation sites excluding steroid dienone is 2. The van der Waals surface area contributed by atoms with Gasteiger partial charge in [0.2, 0.25) is 27.7 Å². The first kappa shape index (κ1) is 18.8. The highest BCUT2D eigenvalue weighted by atomic mass is 32.2. The summed E-state index contributed by atoms with van der Waals surface area (Å²) in [7, 11) is -3.73. The first-order valence-electron chi connectivity index (χ1n) is 9.17. The normalized spacial score (nSPS) is 28.1. The Kier molecular flexibility index (Phi) is 4.59. The zero-order chi connectivity index (χ0) is 20.1. The van der Waals surface area contributed by atoms with Crippen LogP contribution in [0.4, 0.5) is 0 Å². The predicted octanol–water partition coefficient (Wildman–Crippen LogP) is -0.200. The van der Waals surface area contributed by atoms with Crippen molar-refractivity contribution in [1.82, 2.24) is 10.2 Å². The Morgan fingerprint density at radius 2 is 1.64 bits per heavy atom. The van der Waals surface area contributed by atoms with Gasteiger partial charge in [-0.05, 0) is 42.4 Å². The van der Waals surface area contributed by atoms with E-state index < -0.39 is 10.0 Å². The number of nitrogens with zero attached hydrogens (tertiary/aromatic N) is 1. The summed E-state index contributed by atoms with van der Waals surface area (Å²) in [6.07, 6.45) is 5.37. The van der Waals surface area contributed by atoms with E-state index in [-0.39, 0.29) is 52.8 Å². The number of imide groups is 1. The lowest BCUT2D eigenvalue weighted by atomic mass is 9.85. The van der Waals surface area contributed by atoms with E-state index in [4.69, 9.17) is 5.14 Å². The number of carbonyl (C=O) groups is 3. The van der Waals surface area contributed by atoms with E-state index in [1.165, 1.54) is 12.1 Å². The monoisotopic (exact) mass is 403 g/mol. The van der Waals surface area contributed by atoms with Crippen LogP contribution in [-0.4, -0.2) is 44.1 Å². The minimum Gasteiger partial charge on any atom is -0.354 e. The Morgan fingerprint density at radius 1 is 1.07 bits per heavy atom. The van der Waals surface area contributed by atoms with Crippen LogP contribution in [0.15, 0.2) is 41.3 Å². The van der Waals surface area contributed by atoms with Crippen molar-refractivity contribution in [1.29, 1.82) is 0 Å². The second-order valence-electron chi connectivity index (χ2n) is 7.55. The van der Waals surface area contributed by atoms with Crippen molar-refractivity contribution in [3.8, 4) is 0 Å². The van der Waals surface area contributed by atoms with Gasteiger partial charge in [0.05, 0.1) is 16.7 Å². The number of hydrogen-bond acceptors (Lipinski definition) is 5. The van der Waals surface area contributed by atoms with Crippen LogP contribution in [0, 0.1) is 23.7 Å². The fourth-order valence-electron chi connectivity index (χ4n) is 4.51. The summed E-state index contributed by atoms with van der Waals surface area (Å²) in [5.41, 5.74) is 0.832. The van der Waals surface area contributed by atoms with Crippen molar-refractivity contribution in [3.63, 3.8) is 0 Å². The van der Waals surface area contributed by atoms with Crippen molar-refractivity contribution in [2.24, 2.45) is 28.8 Å². The van der Waals surface area contributed by atoms with Crippen LogP contribution >= 0.6 is 0 Å². The zero-order valence-electron chi connectivity index (χ0n) is 15.1. The molecule has 4 atom stereocenters. The van der Waals surface area contributed by atoms with Crippen molar-refractivity contribution in [2.45, 2.75) is 17.7 Å². The van der Waals surface area contributed by atoms with Gasteiger partial charge in [-0.25, -0.2) is 13.6 Å². The summed E-state index contributed by atoms with van der Waals surface area (Å²) in [5, 5.41) is 7.76. The third-order valence-corrected chi connectivity index (χ3v) is 6.78. The number of benzene rings is 1. The summed E-state index contributed by atoms with van der Waals surface area (Å²) in [6, 6.07) is 6.08. The van der Waals surface area contributed by atoms with Gasteiger partial charge in [0.15, 0.2) is 0 Å². The number of fused-ring (bicyclic) bond motifs is 5. The molecule has 1 saturated heterocycles. The first-order valence-corrected chi connectivity index (χ1v) is 10.7. The van der Waals surface area contributed by atoms with Crippen LogP contribution in [0.25, 0.3) is 0 Å². The van der Waals surface area contributed by atoms with Crippen molar-refractivity contribution in [3.05, 3.63) is 42.0 Å². The molecule has 2 aliphatic carbocycles. The number of carbonyl (C=O) groups excluding carboxylic acids is 3. The zero-order valence-corrected chi connectivity index (χ0v) is 15.9. The molecule has 8 nitrogen and oxygen atoms in total. The number of likely N-dealkylation sites (tertiary alicyclic amines) is 1. The van der Waals surface area contributed by atoms with Crippen LogP contribution in [0.3, 0.4) is 0 Å². The van der Waals surface area contributed by atoms with Crippen molar-refractivity contribution >= 4 is 27.7 Å². The SMILES string of the molecule is NS(=O)(=O)c1ccc(CCNC(=O)CN2C(=O)[C@@H]3[C@H](C2=O)[C@H]2C=C[C@@H]3C2)cc1. The molecule has 0 unspecified atom stereocenters. The van der Waals surface area contributed by atoms with Gasteiger partial charge in [0, 0.05) is 6.54 Å². The minimum atomic E-state index is -3.73. The van der Waals surface area contributed by atoms with E-state index in [2.05, 4.69) is 5.32 Å². The summed E-state index contributed by atoms with van der Waals surface area (Å²) in [5.74, 6) is -1.20. The summed E-state index contributed by atoms with van der Waals surface area (Å²) >= 11 is 0. The standard InChI is InChI=1S/C19H21N3O5S/c20-28(26,27)14-5-1-11(2-6-14)7-8-21-15(23)10-22-18(24)16-12-3-4-13(9-12)17(16)19(22)25/h1-6,12-13,16-17H,7-10H2,(H,21,23)(H2,20,26,27)/t12-,13+,16+,17-. The van der Waals surface area contributed by atoms with E-state index in [0.29, 0.717) is 13.0 Å². The lowest BCUT2D eigenvalue weighted by Crippen LogP contribution is -2.42. The van der Waals surface area contributed by atoms with Crippen LogP contribution < -0.4 is 10.5 Å². The third-order valence-electron chi connectivity index (χ3n) is 5.85. The molecule has 3 amide bonds. The van der Waals surface area contributed by atoms with Crippen molar-refractivity contribution in [2.75, 3.05) is 13.1 Å². The molecule has 1 saturated carbocycles. The minimum absolute atomic E-state index is 0.0281.